The molecule has 3 rings (SSSR count). The number of aromatic nitrogens is 1. The number of aryl methyl sites for hydroxylation is 1. The lowest BCUT2D eigenvalue weighted by atomic mass is 10.2. The molecular weight excluding hydrogens is 414 g/mol. The molecule has 0 saturated heterocycles. The van der Waals surface area contributed by atoms with Crippen molar-refractivity contribution in [2.45, 2.75) is 31.7 Å². The summed E-state index contributed by atoms with van der Waals surface area (Å²) in [5.41, 5.74) is 2.82. The summed E-state index contributed by atoms with van der Waals surface area (Å²) >= 11 is 0. The van der Waals surface area contributed by atoms with Crippen LogP contribution in [0.5, 0.6) is 0 Å². The number of hydrogen-bond donors (Lipinski definition) is 1. The second kappa shape index (κ2) is 9.72. The fourth-order valence-electron chi connectivity index (χ4n) is 2.91. The topological polar surface area (TPSA) is 92.5 Å². The minimum absolute atomic E-state index is 0.130. The van der Waals surface area contributed by atoms with Crippen LogP contribution >= 0.6 is 0 Å². The summed E-state index contributed by atoms with van der Waals surface area (Å²) in [5, 5.41) is 6.67. The third-order valence-corrected chi connectivity index (χ3v) is 6.56. The molecule has 162 valence electrons. The van der Waals surface area contributed by atoms with Crippen LogP contribution in [0.2, 0.25) is 0 Å². The number of sulfonamides is 1. The first-order valence-electron chi connectivity index (χ1n) is 9.85. The van der Waals surface area contributed by atoms with E-state index in [1.54, 1.807) is 57.3 Å². The molecule has 1 aromatic heterocycles. The van der Waals surface area contributed by atoms with Crippen molar-refractivity contribution in [3.05, 3.63) is 77.2 Å². The van der Waals surface area contributed by atoms with Gasteiger partial charge in [-0.2, -0.15) is 4.31 Å². The van der Waals surface area contributed by atoms with Gasteiger partial charge >= 0.3 is 0 Å². The van der Waals surface area contributed by atoms with Gasteiger partial charge in [-0.05, 0) is 36.3 Å². The van der Waals surface area contributed by atoms with Gasteiger partial charge in [0.1, 0.15) is 11.4 Å². The number of hydrogen-bond acceptors (Lipinski definition) is 5. The van der Waals surface area contributed by atoms with E-state index in [4.69, 9.17) is 4.52 Å². The Balaban J connectivity index is 1.74. The van der Waals surface area contributed by atoms with Crippen LogP contribution in [0.25, 0.3) is 12.2 Å². The van der Waals surface area contributed by atoms with Crippen molar-refractivity contribution in [3.8, 4) is 0 Å². The molecule has 7 nitrogen and oxygen atoms in total. The van der Waals surface area contributed by atoms with E-state index >= 15 is 0 Å². The molecule has 0 saturated carbocycles. The van der Waals surface area contributed by atoms with Gasteiger partial charge in [-0.3, -0.25) is 4.79 Å². The molecule has 0 atom stereocenters. The molecule has 1 amide bonds. The summed E-state index contributed by atoms with van der Waals surface area (Å²) < 4.78 is 32.3. The van der Waals surface area contributed by atoms with E-state index < -0.39 is 10.0 Å². The zero-order chi connectivity index (χ0) is 22.4. The Bertz CT molecular complexity index is 1170. The molecule has 1 N–H and O–H groups in total. The number of rotatable bonds is 8. The van der Waals surface area contributed by atoms with Crippen LogP contribution in [-0.4, -0.2) is 30.8 Å². The fraction of sp³-hybridized carbons (Fsp3) is 0.217. The van der Waals surface area contributed by atoms with Gasteiger partial charge in [-0.1, -0.05) is 60.6 Å². The fourth-order valence-corrected chi connectivity index (χ4v) is 4.07. The average molecular weight is 440 g/mol. The maximum atomic E-state index is 12.9. The summed E-state index contributed by atoms with van der Waals surface area (Å²) in [6, 6.07) is 16.0. The third kappa shape index (κ3) is 5.48. The van der Waals surface area contributed by atoms with Crippen LogP contribution < -0.4 is 5.32 Å². The molecular formula is C23H25N3O4S. The first-order chi connectivity index (χ1) is 14.8. The van der Waals surface area contributed by atoms with E-state index in [1.807, 2.05) is 30.3 Å². The standard InChI is InChI=1S/C23H25N3O4S/c1-4-22(27)24-23-17(2)25-30-21(23)15-12-18-10-13-20(14-11-18)31(28,29)26(3)16-19-8-6-5-7-9-19/h5-15H,4,16H2,1-3H3,(H,24,27)/b15-12-. The summed E-state index contributed by atoms with van der Waals surface area (Å²) in [6.07, 6.45) is 3.81. The predicted molar refractivity (Wildman–Crippen MR) is 121 cm³/mol. The highest BCUT2D eigenvalue weighted by Gasteiger charge is 2.20. The zero-order valence-electron chi connectivity index (χ0n) is 17.7. The summed E-state index contributed by atoms with van der Waals surface area (Å²) in [4.78, 5) is 11.9. The molecule has 0 unspecified atom stereocenters. The van der Waals surface area contributed by atoms with Crippen molar-refractivity contribution < 1.29 is 17.7 Å². The van der Waals surface area contributed by atoms with Crippen molar-refractivity contribution in [1.82, 2.24) is 9.46 Å². The van der Waals surface area contributed by atoms with Crippen molar-refractivity contribution >= 4 is 33.8 Å². The first kappa shape index (κ1) is 22.5. The maximum absolute atomic E-state index is 12.9. The first-order valence-corrected chi connectivity index (χ1v) is 11.3. The van der Waals surface area contributed by atoms with Gasteiger partial charge in [0.05, 0.1) is 4.90 Å². The van der Waals surface area contributed by atoms with Gasteiger partial charge in [0.15, 0.2) is 5.76 Å². The molecule has 0 radical (unpaired) electrons. The smallest absolute Gasteiger partial charge is 0.243 e. The molecule has 0 aliphatic heterocycles. The predicted octanol–water partition coefficient (Wildman–Crippen LogP) is 4.32. The second-order valence-corrected chi connectivity index (χ2v) is 9.10. The lowest BCUT2D eigenvalue weighted by Crippen LogP contribution is -2.26. The normalized spacial score (nSPS) is 11.9. The van der Waals surface area contributed by atoms with Gasteiger partial charge in [0.2, 0.25) is 15.9 Å². The number of carbonyl (C=O) groups excluding carboxylic acids is 1. The maximum Gasteiger partial charge on any atom is 0.243 e. The Hall–Kier alpha value is -3.23. The van der Waals surface area contributed by atoms with E-state index in [1.165, 1.54) is 4.31 Å². The second-order valence-electron chi connectivity index (χ2n) is 7.06. The number of carbonyl (C=O) groups is 1. The number of nitrogens with one attached hydrogen (secondary N) is 1. The molecule has 1 heterocycles. The van der Waals surface area contributed by atoms with Gasteiger partial charge < -0.3 is 9.84 Å². The molecule has 0 aliphatic rings. The monoisotopic (exact) mass is 439 g/mol. The van der Waals surface area contributed by atoms with Gasteiger partial charge in [0, 0.05) is 20.0 Å². The highest BCUT2D eigenvalue weighted by molar-refractivity contribution is 7.89. The number of benzene rings is 2. The summed E-state index contributed by atoms with van der Waals surface area (Å²) in [6.45, 7) is 3.81. The summed E-state index contributed by atoms with van der Waals surface area (Å²) in [5.74, 6) is 0.300. The lowest BCUT2D eigenvalue weighted by molar-refractivity contribution is -0.115. The molecule has 0 aliphatic carbocycles. The van der Waals surface area contributed by atoms with Crippen molar-refractivity contribution in [2.75, 3.05) is 12.4 Å². The molecule has 8 heteroatoms. The van der Waals surface area contributed by atoms with Crippen molar-refractivity contribution in [1.29, 1.82) is 0 Å². The largest absolute Gasteiger partial charge is 0.354 e. The van der Waals surface area contributed by atoms with E-state index in [-0.39, 0.29) is 10.8 Å². The van der Waals surface area contributed by atoms with Gasteiger partial charge in [0.25, 0.3) is 0 Å². The Morgan fingerprint density at radius 1 is 1.10 bits per heavy atom. The van der Waals surface area contributed by atoms with Gasteiger partial charge in [-0.25, -0.2) is 8.42 Å². The molecule has 0 bridgehead atoms. The molecule has 2 aromatic carbocycles. The van der Waals surface area contributed by atoms with E-state index in [9.17, 15) is 13.2 Å². The van der Waals surface area contributed by atoms with E-state index in [0.29, 0.717) is 30.1 Å². The van der Waals surface area contributed by atoms with Gasteiger partial charge in [-0.15, -0.1) is 0 Å². The minimum Gasteiger partial charge on any atom is -0.354 e. The SMILES string of the molecule is CCC(=O)Nc1c(C)noc1/C=C\c1ccc(S(=O)(=O)N(C)Cc2ccccc2)cc1. The van der Waals surface area contributed by atoms with Crippen LogP contribution in [0.1, 0.15) is 35.9 Å². The van der Waals surface area contributed by atoms with Crippen LogP contribution in [0, 0.1) is 6.92 Å². The highest BCUT2D eigenvalue weighted by atomic mass is 32.2. The average Bonchev–Trinajstić information content (AvgIpc) is 3.12. The van der Waals surface area contributed by atoms with E-state index in [2.05, 4.69) is 10.5 Å². The van der Waals surface area contributed by atoms with Crippen LogP contribution in [0.15, 0.2) is 64.0 Å². The lowest BCUT2D eigenvalue weighted by Gasteiger charge is -2.17. The quantitative estimate of drug-likeness (QED) is 0.564. The van der Waals surface area contributed by atoms with Crippen molar-refractivity contribution in [2.24, 2.45) is 0 Å². The van der Waals surface area contributed by atoms with Crippen molar-refractivity contribution in [3.63, 3.8) is 0 Å². The minimum atomic E-state index is -3.61. The molecule has 0 fully saturated rings. The summed E-state index contributed by atoms with van der Waals surface area (Å²) in [7, 11) is -2.04. The Kier molecular flexibility index (Phi) is 7.04. The number of amides is 1. The zero-order valence-corrected chi connectivity index (χ0v) is 18.5. The molecule has 31 heavy (non-hydrogen) atoms. The molecule has 0 spiro atoms. The van der Waals surface area contributed by atoms with Crippen LogP contribution in [-0.2, 0) is 21.4 Å². The van der Waals surface area contributed by atoms with Crippen LogP contribution in [0.4, 0.5) is 5.69 Å². The number of nitrogens with zero attached hydrogens (tertiary/aromatic N) is 2. The van der Waals surface area contributed by atoms with E-state index in [0.717, 1.165) is 11.1 Å². The highest BCUT2D eigenvalue weighted by Crippen LogP contribution is 2.23. The third-order valence-electron chi connectivity index (χ3n) is 4.74. The molecule has 3 aromatic rings. The Morgan fingerprint density at radius 2 is 1.77 bits per heavy atom. The Morgan fingerprint density at radius 3 is 2.42 bits per heavy atom. The van der Waals surface area contributed by atoms with Crippen LogP contribution in [0.3, 0.4) is 0 Å². The number of anilines is 1. The Labute approximate surface area is 182 Å².